The Morgan fingerprint density at radius 1 is 1.07 bits per heavy atom. The Morgan fingerprint density at radius 2 is 1.75 bits per heavy atom. The third kappa shape index (κ3) is 8.18. The fraction of sp³-hybridized carbons (Fsp3) is 0.308. The number of urea groups is 1. The Hall–Kier alpha value is -5.14. The molecule has 1 aromatic heterocycles. The van der Waals surface area contributed by atoms with Crippen LogP contribution in [0.5, 0.6) is 0 Å². The lowest BCUT2D eigenvalue weighted by atomic mass is 10.0. The zero-order chi connectivity index (χ0) is 29.2. The van der Waals surface area contributed by atoms with Gasteiger partial charge in [-0.25, -0.2) is 19.9 Å². The quantitative estimate of drug-likeness (QED) is 0.0671. The highest BCUT2D eigenvalue weighted by atomic mass is 16.7. The van der Waals surface area contributed by atoms with E-state index in [0.29, 0.717) is 6.42 Å². The molecule has 212 valence electrons. The van der Waals surface area contributed by atoms with Crippen molar-refractivity contribution in [2.45, 2.75) is 38.4 Å². The van der Waals surface area contributed by atoms with Crippen LogP contribution >= 0.6 is 0 Å². The van der Waals surface area contributed by atoms with E-state index in [-0.39, 0.29) is 44.3 Å². The second-order valence-corrected chi connectivity index (χ2v) is 9.21. The maximum atomic E-state index is 13.7. The monoisotopic (exact) mass is 551 g/mol. The van der Waals surface area contributed by atoms with Gasteiger partial charge >= 0.3 is 6.03 Å². The number of aryl methyl sites for hydroxylation is 1. The second-order valence-electron chi connectivity index (χ2n) is 9.21. The maximum Gasteiger partial charge on any atom is 0.312 e. The van der Waals surface area contributed by atoms with E-state index in [1.54, 1.807) is 29.7 Å². The molecule has 1 atom stereocenters. The van der Waals surface area contributed by atoms with Crippen molar-refractivity contribution in [1.82, 2.24) is 20.2 Å². The number of nitrogens with one attached hydrogen (secondary N) is 2. The number of para-hydroxylation sites is 1. The Labute approximate surface area is 230 Å². The number of primary amides is 2. The SMILES string of the molecule is Cn1cc(CC(=O)N(Cc2ccc(CNC(N)=O)cc2)[C@H](CCCN=C(N)N[N+](=O)[O-])C(N)=O)c2ccccc21. The summed E-state index contributed by atoms with van der Waals surface area (Å²) in [4.78, 5) is 53.1. The van der Waals surface area contributed by atoms with Gasteiger partial charge in [0, 0.05) is 43.8 Å². The predicted molar refractivity (Wildman–Crippen MR) is 149 cm³/mol. The van der Waals surface area contributed by atoms with Crippen LogP contribution in [-0.2, 0) is 36.1 Å². The number of fused-ring (bicyclic) bond motifs is 1. The van der Waals surface area contributed by atoms with Crippen LogP contribution in [0.25, 0.3) is 10.9 Å². The number of aromatic nitrogens is 1. The van der Waals surface area contributed by atoms with E-state index in [4.69, 9.17) is 17.2 Å². The molecule has 1 heterocycles. The van der Waals surface area contributed by atoms with Crippen LogP contribution in [-0.4, -0.2) is 50.9 Å². The van der Waals surface area contributed by atoms with Crippen molar-refractivity contribution in [3.8, 4) is 0 Å². The van der Waals surface area contributed by atoms with Crippen molar-refractivity contribution in [1.29, 1.82) is 0 Å². The number of amides is 4. The van der Waals surface area contributed by atoms with Gasteiger partial charge in [0.1, 0.15) is 6.04 Å². The van der Waals surface area contributed by atoms with Crippen molar-refractivity contribution >= 4 is 34.7 Å². The first-order valence-electron chi connectivity index (χ1n) is 12.5. The molecule has 3 aromatic rings. The summed E-state index contributed by atoms with van der Waals surface area (Å²) in [5.41, 5.74) is 21.4. The molecular weight excluding hydrogens is 518 g/mol. The summed E-state index contributed by atoms with van der Waals surface area (Å²) in [5.74, 6) is -1.35. The summed E-state index contributed by atoms with van der Waals surface area (Å²) >= 11 is 0. The van der Waals surface area contributed by atoms with E-state index in [1.165, 1.54) is 4.90 Å². The van der Waals surface area contributed by atoms with Gasteiger partial charge in [0.25, 0.3) is 5.96 Å². The first-order chi connectivity index (χ1) is 19.0. The number of rotatable bonds is 13. The molecule has 14 heteroatoms. The lowest BCUT2D eigenvalue weighted by Gasteiger charge is -2.30. The summed E-state index contributed by atoms with van der Waals surface area (Å²) < 4.78 is 1.94. The minimum atomic E-state index is -0.960. The second kappa shape index (κ2) is 13.6. The standard InChI is InChI=1S/C26H33N9O5/c1-33-16-19(20-5-2-3-6-21(20)33)13-23(36)34(15-18-10-8-17(9-11-18)14-31-26(29)38)22(24(27)37)7-4-12-30-25(28)32-35(39)40/h2-3,5-6,8-11,16,22H,4,7,12-15H2,1H3,(H2,27,37)(H3,28,30,32)(H3,29,31,38)/t22-/m1/s1. The molecule has 0 aliphatic heterocycles. The van der Waals surface area contributed by atoms with Gasteiger partial charge in [-0.2, -0.15) is 0 Å². The average Bonchev–Trinajstić information content (AvgIpc) is 3.21. The number of guanidine groups is 1. The Balaban J connectivity index is 1.83. The molecule has 0 saturated carbocycles. The van der Waals surface area contributed by atoms with Crippen molar-refractivity contribution < 1.29 is 19.4 Å². The van der Waals surface area contributed by atoms with E-state index in [2.05, 4.69) is 10.3 Å². The van der Waals surface area contributed by atoms with E-state index in [1.807, 2.05) is 42.1 Å². The van der Waals surface area contributed by atoms with Crippen molar-refractivity contribution in [2.24, 2.45) is 29.2 Å². The van der Waals surface area contributed by atoms with Gasteiger partial charge in [0.05, 0.1) is 6.42 Å². The number of nitro groups is 1. The van der Waals surface area contributed by atoms with Gasteiger partial charge in [-0.1, -0.05) is 47.9 Å². The summed E-state index contributed by atoms with van der Waals surface area (Å²) in [7, 11) is 1.90. The number of hydrogen-bond acceptors (Lipinski definition) is 6. The number of nitrogens with zero attached hydrogens (tertiary/aromatic N) is 4. The molecule has 0 radical (unpaired) electrons. The van der Waals surface area contributed by atoms with Crippen molar-refractivity contribution in [2.75, 3.05) is 6.54 Å². The zero-order valence-electron chi connectivity index (χ0n) is 22.1. The Bertz CT molecular complexity index is 1400. The molecule has 14 nitrogen and oxygen atoms in total. The zero-order valence-corrected chi connectivity index (χ0v) is 22.1. The van der Waals surface area contributed by atoms with E-state index >= 15 is 0 Å². The number of carbonyl (C=O) groups excluding carboxylic acids is 3. The summed E-state index contributed by atoms with van der Waals surface area (Å²) in [5, 5.41) is 13.1. The molecule has 0 spiro atoms. The fourth-order valence-electron chi connectivity index (χ4n) is 4.42. The highest BCUT2D eigenvalue weighted by Crippen LogP contribution is 2.23. The molecule has 2 aromatic carbocycles. The molecule has 3 rings (SSSR count). The maximum absolute atomic E-state index is 13.7. The minimum Gasteiger partial charge on any atom is -0.368 e. The number of benzene rings is 2. The highest BCUT2D eigenvalue weighted by Gasteiger charge is 2.29. The van der Waals surface area contributed by atoms with E-state index < -0.39 is 23.0 Å². The Kier molecular flexibility index (Phi) is 10.00. The summed E-state index contributed by atoms with van der Waals surface area (Å²) in [6.07, 6.45) is 2.40. The van der Waals surface area contributed by atoms with Crippen LogP contribution in [0.4, 0.5) is 4.79 Å². The topological polar surface area (TPSA) is 217 Å². The van der Waals surface area contributed by atoms with Gasteiger partial charge < -0.3 is 32.0 Å². The highest BCUT2D eigenvalue weighted by molar-refractivity contribution is 5.92. The number of hydrogen-bond donors (Lipinski definition) is 5. The number of aliphatic imine (C=N–C) groups is 1. The lowest BCUT2D eigenvalue weighted by Crippen LogP contribution is -2.48. The predicted octanol–water partition coefficient (Wildman–Crippen LogP) is 0.648. The number of carbonyl (C=O) groups is 3. The van der Waals surface area contributed by atoms with E-state index in [9.17, 15) is 24.5 Å². The van der Waals surface area contributed by atoms with Crippen LogP contribution in [0.15, 0.2) is 59.7 Å². The van der Waals surface area contributed by atoms with Gasteiger partial charge in [0.15, 0.2) is 5.03 Å². The van der Waals surface area contributed by atoms with Gasteiger partial charge in [-0.15, -0.1) is 0 Å². The van der Waals surface area contributed by atoms with Crippen LogP contribution in [0, 0.1) is 10.1 Å². The number of hydrazine groups is 1. The molecule has 40 heavy (non-hydrogen) atoms. The largest absolute Gasteiger partial charge is 0.368 e. The molecule has 0 unspecified atom stereocenters. The molecule has 0 fully saturated rings. The van der Waals surface area contributed by atoms with Crippen LogP contribution < -0.4 is 27.9 Å². The number of nitrogens with two attached hydrogens (primary N) is 3. The fourth-order valence-corrected chi connectivity index (χ4v) is 4.42. The molecule has 4 amide bonds. The van der Waals surface area contributed by atoms with Gasteiger partial charge in [-0.05, 0) is 35.6 Å². The van der Waals surface area contributed by atoms with Crippen LogP contribution in [0.1, 0.15) is 29.5 Å². The summed E-state index contributed by atoms with van der Waals surface area (Å²) in [6, 6.07) is 13.3. The molecule has 0 bridgehead atoms. The van der Waals surface area contributed by atoms with Crippen molar-refractivity contribution in [3.63, 3.8) is 0 Å². The summed E-state index contributed by atoms with van der Waals surface area (Å²) in [6.45, 7) is 0.441. The first-order valence-corrected chi connectivity index (χ1v) is 12.5. The third-order valence-electron chi connectivity index (χ3n) is 6.31. The molecular formula is C26H33N9O5. The van der Waals surface area contributed by atoms with E-state index in [0.717, 1.165) is 27.6 Å². The van der Waals surface area contributed by atoms with Gasteiger partial charge in [-0.3, -0.25) is 9.59 Å². The normalized spacial score (nSPS) is 12.1. The molecule has 0 saturated heterocycles. The Morgan fingerprint density at radius 3 is 2.40 bits per heavy atom. The smallest absolute Gasteiger partial charge is 0.312 e. The first kappa shape index (κ1) is 29.4. The molecule has 0 aliphatic rings. The minimum absolute atomic E-state index is 0.0452. The third-order valence-corrected chi connectivity index (χ3v) is 6.31. The average molecular weight is 552 g/mol. The van der Waals surface area contributed by atoms with Crippen molar-refractivity contribution in [3.05, 3.63) is 81.5 Å². The van der Waals surface area contributed by atoms with Crippen LogP contribution in [0.3, 0.4) is 0 Å². The lowest BCUT2D eigenvalue weighted by molar-refractivity contribution is -0.525. The van der Waals surface area contributed by atoms with Crippen LogP contribution in [0.2, 0.25) is 0 Å². The van der Waals surface area contributed by atoms with Gasteiger partial charge in [0.2, 0.25) is 11.8 Å². The molecule has 0 aliphatic carbocycles. The molecule has 8 N–H and O–H groups in total.